The van der Waals surface area contributed by atoms with Crippen LogP contribution in [0.2, 0.25) is 0 Å². The van der Waals surface area contributed by atoms with E-state index in [1.54, 1.807) is 22.2 Å². The molecule has 4 heterocycles. The van der Waals surface area contributed by atoms with E-state index >= 15 is 0 Å². The minimum Gasteiger partial charge on any atom is -0.364 e. The first-order chi connectivity index (χ1) is 14.9. The smallest absolute Gasteiger partial charge is 0.223 e. The standard InChI is InChI=1S/C19H25N7O3S2/c1-31(28,29)25-7-4-14(5-8-25)19(27)20-6-9-26-18-16(12-24-26)17(22-13-23-18)21-11-15-3-2-10-30-15/h2-3,10,12-14H,4-9,11H2,1H3,(H,20,27)(H,21,22,23). The molecular formula is C19H25N7O3S2. The largest absolute Gasteiger partial charge is 0.364 e. The van der Waals surface area contributed by atoms with E-state index in [0.717, 1.165) is 11.2 Å². The van der Waals surface area contributed by atoms with Crippen molar-refractivity contribution in [1.82, 2.24) is 29.4 Å². The second kappa shape index (κ2) is 9.28. The summed E-state index contributed by atoms with van der Waals surface area (Å²) in [5.74, 6) is 0.520. The molecule has 1 saturated heterocycles. The molecular weight excluding hydrogens is 438 g/mol. The topological polar surface area (TPSA) is 122 Å². The zero-order chi connectivity index (χ0) is 21.8. The summed E-state index contributed by atoms with van der Waals surface area (Å²) in [6.45, 7) is 2.36. The molecule has 0 aliphatic carbocycles. The fraction of sp³-hybridized carbons (Fsp3) is 0.474. The number of hydrogen-bond acceptors (Lipinski definition) is 8. The van der Waals surface area contributed by atoms with Gasteiger partial charge < -0.3 is 10.6 Å². The Morgan fingerprint density at radius 1 is 1.29 bits per heavy atom. The number of carbonyl (C=O) groups is 1. The molecule has 1 fully saturated rings. The number of thiophene rings is 1. The number of fused-ring (bicyclic) bond motifs is 1. The molecule has 3 aromatic rings. The summed E-state index contributed by atoms with van der Waals surface area (Å²) in [6.07, 6.45) is 5.51. The van der Waals surface area contributed by atoms with Crippen LogP contribution in [-0.4, -0.2) is 64.3 Å². The first-order valence-electron chi connectivity index (χ1n) is 10.1. The molecule has 4 rings (SSSR count). The van der Waals surface area contributed by atoms with Gasteiger partial charge in [0, 0.05) is 30.4 Å². The van der Waals surface area contributed by atoms with Gasteiger partial charge in [-0.3, -0.25) is 4.79 Å². The van der Waals surface area contributed by atoms with E-state index in [2.05, 4.69) is 31.8 Å². The van der Waals surface area contributed by atoms with Crippen molar-refractivity contribution < 1.29 is 13.2 Å². The van der Waals surface area contributed by atoms with Gasteiger partial charge in [0.2, 0.25) is 15.9 Å². The number of nitrogens with one attached hydrogen (secondary N) is 2. The fourth-order valence-electron chi connectivity index (χ4n) is 3.66. The lowest BCUT2D eigenvalue weighted by Gasteiger charge is -2.29. The van der Waals surface area contributed by atoms with E-state index in [0.29, 0.717) is 51.2 Å². The Bertz CT molecular complexity index is 1140. The van der Waals surface area contributed by atoms with Crippen molar-refractivity contribution in [3.8, 4) is 0 Å². The number of sulfonamides is 1. The van der Waals surface area contributed by atoms with Crippen molar-refractivity contribution in [2.45, 2.75) is 25.9 Å². The van der Waals surface area contributed by atoms with Crippen LogP contribution >= 0.6 is 11.3 Å². The Labute approximate surface area is 184 Å². The minimum absolute atomic E-state index is 0.0439. The zero-order valence-corrected chi connectivity index (χ0v) is 18.8. The molecule has 0 radical (unpaired) electrons. The molecule has 0 atom stereocenters. The number of carbonyl (C=O) groups excluding carboxylic acids is 1. The van der Waals surface area contributed by atoms with Gasteiger partial charge in [0.05, 0.1) is 30.9 Å². The van der Waals surface area contributed by atoms with E-state index < -0.39 is 10.0 Å². The first kappa shape index (κ1) is 21.7. The quantitative estimate of drug-likeness (QED) is 0.516. The van der Waals surface area contributed by atoms with E-state index in [-0.39, 0.29) is 11.8 Å². The molecule has 1 aliphatic heterocycles. The highest BCUT2D eigenvalue weighted by Crippen LogP contribution is 2.21. The molecule has 166 valence electrons. The molecule has 0 unspecified atom stereocenters. The Morgan fingerprint density at radius 3 is 2.81 bits per heavy atom. The van der Waals surface area contributed by atoms with Gasteiger partial charge in [-0.1, -0.05) is 6.07 Å². The maximum Gasteiger partial charge on any atom is 0.223 e. The van der Waals surface area contributed by atoms with Crippen molar-refractivity contribution in [3.63, 3.8) is 0 Å². The monoisotopic (exact) mass is 463 g/mol. The number of anilines is 1. The average Bonchev–Trinajstić information content (AvgIpc) is 3.42. The summed E-state index contributed by atoms with van der Waals surface area (Å²) in [5, 5.41) is 13.5. The molecule has 10 nitrogen and oxygen atoms in total. The van der Waals surface area contributed by atoms with Crippen LogP contribution in [-0.2, 0) is 27.9 Å². The van der Waals surface area contributed by atoms with Crippen LogP contribution in [0.4, 0.5) is 5.82 Å². The lowest BCUT2D eigenvalue weighted by Crippen LogP contribution is -2.43. The summed E-state index contributed by atoms with van der Waals surface area (Å²) in [5.41, 5.74) is 0.708. The molecule has 1 amide bonds. The molecule has 12 heteroatoms. The number of hydrogen-bond donors (Lipinski definition) is 2. The molecule has 31 heavy (non-hydrogen) atoms. The van der Waals surface area contributed by atoms with Crippen molar-refractivity contribution in [2.24, 2.45) is 5.92 Å². The molecule has 0 saturated carbocycles. The first-order valence-corrected chi connectivity index (χ1v) is 12.8. The van der Waals surface area contributed by atoms with E-state index in [4.69, 9.17) is 0 Å². The molecule has 0 bridgehead atoms. The summed E-state index contributed by atoms with van der Waals surface area (Å²) < 4.78 is 26.4. The molecule has 1 aliphatic rings. The minimum atomic E-state index is -3.19. The van der Waals surface area contributed by atoms with Gasteiger partial charge in [0.15, 0.2) is 5.65 Å². The molecule has 0 aromatic carbocycles. The van der Waals surface area contributed by atoms with Crippen molar-refractivity contribution in [2.75, 3.05) is 31.2 Å². The Morgan fingerprint density at radius 2 is 2.10 bits per heavy atom. The Hall–Kier alpha value is -2.57. The van der Waals surface area contributed by atoms with Crippen molar-refractivity contribution in [1.29, 1.82) is 0 Å². The van der Waals surface area contributed by atoms with Crippen LogP contribution < -0.4 is 10.6 Å². The molecule has 2 N–H and O–H groups in total. The third kappa shape index (κ3) is 5.20. The van der Waals surface area contributed by atoms with E-state index in [1.165, 1.54) is 21.8 Å². The number of amides is 1. The summed E-state index contributed by atoms with van der Waals surface area (Å²) >= 11 is 1.68. The van der Waals surface area contributed by atoms with Crippen LogP contribution in [0.25, 0.3) is 11.0 Å². The maximum atomic E-state index is 12.5. The number of rotatable bonds is 8. The predicted molar refractivity (Wildman–Crippen MR) is 119 cm³/mol. The van der Waals surface area contributed by atoms with E-state index in [1.807, 2.05) is 11.4 Å². The third-order valence-corrected chi connectivity index (χ3v) is 7.54. The lowest BCUT2D eigenvalue weighted by molar-refractivity contribution is -0.126. The highest BCUT2D eigenvalue weighted by Gasteiger charge is 2.28. The zero-order valence-electron chi connectivity index (χ0n) is 17.2. The van der Waals surface area contributed by atoms with E-state index in [9.17, 15) is 13.2 Å². The van der Waals surface area contributed by atoms with Crippen molar-refractivity contribution >= 4 is 44.1 Å². The van der Waals surface area contributed by atoms with Crippen LogP contribution in [0.3, 0.4) is 0 Å². The van der Waals surface area contributed by atoms with Gasteiger partial charge in [0.1, 0.15) is 12.1 Å². The second-order valence-electron chi connectivity index (χ2n) is 7.49. The number of aromatic nitrogens is 4. The van der Waals surface area contributed by atoms with Crippen LogP contribution in [0.15, 0.2) is 30.0 Å². The van der Waals surface area contributed by atoms with Crippen LogP contribution in [0.1, 0.15) is 17.7 Å². The SMILES string of the molecule is CS(=O)(=O)N1CCC(C(=O)NCCn2ncc3c(NCc4cccs4)ncnc32)CC1. The average molecular weight is 464 g/mol. The Kier molecular flexibility index (Phi) is 6.49. The Balaban J connectivity index is 1.30. The predicted octanol–water partition coefficient (Wildman–Crippen LogP) is 1.29. The van der Waals surface area contributed by atoms with Gasteiger partial charge in [-0.05, 0) is 24.3 Å². The summed E-state index contributed by atoms with van der Waals surface area (Å²) in [4.78, 5) is 22.3. The van der Waals surface area contributed by atoms with Crippen LogP contribution in [0.5, 0.6) is 0 Å². The van der Waals surface area contributed by atoms with Crippen LogP contribution in [0, 0.1) is 5.92 Å². The maximum absolute atomic E-state index is 12.5. The van der Waals surface area contributed by atoms with Gasteiger partial charge in [-0.25, -0.2) is 27.4 Å². The third-order valence-electron chi connectivity index (χ3n) is 5.36. The second-order valence-corrected chi connectivity index (χ2v) is 10.5. The van der Waals surface area contributed by atoms with Gasteiger partial charge in [-0.15, -0.1) is 11.3 Å². The van der Waals surface area contributed by atoms with Crippen molar-refractivity contribution in [3.05, 3.63) is 34.9 Å². The number of piperidine rings is 1. The highest BCUT2D eigenvalue weighted by atomic mass is 32.2. The van der Waals surface area contributed by atoms with Gasteiger partial charge >= 0.3 is 0 Å². The molecule has 0 spiro atoms. The molecule has 3 aromatic heterocycles. The summed E-state index contributed by atoms with van der Waals surface area (Å²) in [6, 6.07) is 4.08. The highest BCUT2D eigenvalue weighted by molar-refractivity contribution is 7.88. The van der Waals surface area contributed by atoms with Gasteiger partial charge in [-0.2, -0.15) is 5.10 Å². The normalized spacial score (nSPS) is 15.9. The fourth-order valence-corrected chi connectivity index (χ4v) is 5.18. The van der Waals surface area contributed by atoms with Gasteiger partial charge in [0.25, 0.3) is 0 Å². The number of nitrogens with zero attached hydrogens (tertiary/aromatic N) is 5. The lowest BCUT2D eigenvalue weighted by atomic mass is 9.97. The summed E-state index contributed by atoms with van der Waals surface area (Å²) in [7, 11) is -3.19.